The van der Waals surface area contributed by atoms with Crippen LogP contribution in [-0.4, -0.2) is 41.5 Å². The van der Waals surface area contributed by atoms with E-state index in [1.165, 1.54) is 0 Å². The van der Waals surface area contributed by atoms with Crippen molar-refractivity contribution in [3.05, 3.63) is 71.3 Å². The van der Waals surface area contributed by atoms with E-state index in [-0.39, 0.29) is 24.0 Å². The number of hydrogen-bond acceptors (Lipinski definition) is 5. The maximum atomic E-state index is 5.45. The van der Waals surface area contributed by atoms with Crippen molar-refractivity contribution >= 4 is 29.9 Å². The van der Waals surface area contributed by atoms with E-state index in [1.54, 1.807) is 14.2 Å². The summed E-state index contributed by atoms with van der Waals surface area (Å²) in [6.45, 7) is 3.72. The molecule has 1 aromatic heterocycles. The number of methoxy groups -OCH3 is 2. The molecular weight excluding hydrogens is 519 g/mol. The summed E-state index contributed by atoms with van der Waals surface area (Å²) in [5.41, 5.74) is 2.25. The van der Waals surface area contributed by atoms with Crippen LogP contribution in [0, 0.1) is 6.92 Å². The van der Waals surface area contributed by atoms with E-state index >= 15 is 0 Å². The summed E-state index contributed by atoms with van der Waals surface area (Å²) in [5.74, 6) is 4.16. The molecule has 0 saturated carbocycles. The van der Waals surface area contributed by atoms with Gasteiger partial charge in [0.1, 0.15) is 17.3 Å². The first kappa shape index (κ1) is 25.4. The van der Waals surface area contributed by atoms with Gasteiger partial charge in [0.2, 0.25) is 0 Å². The third-order valence-corrected chi connectivity index (χ3v) is 5.05. The zero-order valence-electron chi connectivity index (χ0n) is 19.0. The fourth-order valence-electron chi connectivity index (χ4n) is 3.07. The number of ether oxygens (including phenoxy) is 2. The van der Waals surface area contributed by atoms with Crippen molar-refractivity contribution in [1.29, 1.82) is 0 Å². The van der Waals surface area contributed by atoms with Crippen LogP contribution in [0.5, 0.6) is 11.5 Å². The molecule has 0 fully saturated rings. The molecule has 0 unspecified atom stereocenters. The normalized spacial score (nSPS) is 10.9. The summed E-state index contributed by atoms with van der Waals surface area (Å²) in [7, 11) is 5.31. The second-order valence-electron chi connectivity index (χ2n) is 7.08. The molecule has 2 N–H and O–H groups in total. The van der Waals surface area contributed by atoms with Crippen LogP contribution in [-0.2, 0) is 26.6 Å². The maximum Gasteiger partial charge on any atom is 0.191 e. The van der Waals surface area contributed by atoms with Gasteiger partial charge in [-0.05, 0) is 42.7 Å². The SMILES string of the molecule is COc1ccc(CN=C(NCCc2ccccc2OC)NCc2nnc(C)n2C)cc1.I. The molecule has 32 heavy (non-hydrogen) atoms. The smallest absolute Gasteiger partial charge is 0.191 e. The van der Waals surface area contributed by atoms with E-state index in [0.29, 0.717) is 25.6 Å². The topological polar surface area (TPSA) is 85.6 Å². The highest BCUT2D eigenvalue weighted by Crippen LogP contribution is 2.17. The van der Waals surface area contributed by atoms with E-state index in [2.05, 4.69) is 26.9 Å². The van der Waals surface area contributed by atoms with Gasteiger partial charge in [0.05, 0.1) is 27.3 Å². The summed E-state index contributed by atoms with van der Waals surface area (Å²) >= 11 is 0. The Bertz CT molecular complexity index is 1000. The maximum absolute atomic E-state index is 5.45. The molecule has 0 spiro atoms. The summed E-state index contributed by atoms with van der Waals surface area (Å²) in [4.78, 5) is 4.74. The Hall–Kier alpha value is -2.82. The highest BCUT2D eigenvalue weighted by atomic mass is 127. The van der Waals surface area contributed by atoms with Gasteiger partial charge in [0.25, 0.3) is 0 Å². The Labute approximate surface area is 206 Å². The van der Waals surface area contributed by atoms with E-state index in [0.717, 1.165) is 40.7 Å². The second kappa shape index (κ2) is 12.9. The minimum atomic E-state index is 0. The predicted octanol–water partition coefficient (Wildman–Crippen LogP) is 3.24. The number of nitrogens with zero attached hydrogens (tertiary/aromatic N) is 4. The number of benzene rings is 2. The van der Waals surface area contributed by atoms with Gasteiger partial charge in [-0.2, -0.15) is 0 Å². The molecule has 0 aliphatic carbocycles. The standard InChI is InChI=1S/C23H30N6O2.HI/c1-17-27-28-22(29(17)2)16-26-23(25-15-18-9-11-20(30-3)12-10-18)24-14-13-19-7-5-6-8-21(19)31-4;/h5-12H,13-16H2,1-4H3,(H2,24,25,26);1H. The van der Waals surface area contributed by atoms with Crippen LogP contribution in [0.2, 0.25) is 0 Å². The molecule has 3 rings (SSSR count). The quantitative estimate of drug-likeness (QED) is 0.242. The molecule has 0 radical (unpaired) electrons. The van der Waals surface area contributed by atoms with Crippen molar-refractivity contribution < 1.29 is 9.47 Å². The Kier molecular flexibility index (Phi) is 10.3. The Morgan fingerprint density at radius 2 is 1.75 bits per heavy atom. The second-order valence-corrected chi connectivity index (χ2v) is 7.08. The van der Waals surface area contributed by atoms with Gasteiger partial charge in [-0.1, -0.05) is 30.3 Å². The summed E-state index contributed by atoms with van der Waals surface area (Å²) in [6, 6.07) is 16.0. The van der Waals surface area contributed by atoms with Crippen LogP contribution in [0.15, 0.2) is 53.5 Å². The first-order chi connectivity index (χ1) is 15.1. The first-order valence-corrected chi connectivity index (χ1v) is 10.2. The van der Waals surface area contributed by atoms with Gasteiger partial charge in [0, 0.05) is 13.6 Å². The summed E-state index contributed by atoms with van der Waals surface area (Å²) < 4.78 is 12.6. The number of rotatable bonds is 9. The lowest BCUT2D eigenvalue weighted by Gasteiger charge is -2.14. The Morgan fingerprint density at radius 1 is 1.00 bits per heavy atom. The monoisotopic (exact) mass is 550 g/mol. The lowest BCUT2D eigenvalue weighted by atomic mass is 10.1. The summed E-state index contributed by atoms with van der Waals surface area (Å²) in [6.07, 6.45) is 0.816. The van der Waals surface area contributed by atoms with Crippen LogP contribution >= 0.6 is 24.0 Å². The third-order valence-electron chi connectivity index (χ3n) is 5.05. The van der Waals surface area contributed by atoms with Crippen molar-refractivity contribution in [2.45, 2.75) is 26.4 Å². The Balaban J connectivity index is 0.00000363. The molecule has 3 aromatic rings. The number of hydrogen-bond donors (Lipinski definition) is 2. The lowest BCUT2D eigenvalue weighted by Crippen LogP contribution is -2.38. The highest BCUT2D eigenvalue weighted by Gasteiger charge is 2.07. The molecule has 9 heteroatoms. The van der Waals surface area contributed by atoms with Gasteiger partial charge in [0.15, 0.2) is 11.8 Å². The van der Waals surface area contributed by atoms with E-state index in [1.807, 2.05) is 61.0 Å². The molecule has 2 aromatic carbocycles. The average molecular weight is 550 g/mol. The fraction of sp³-hybridized carbons (Fsp3) is 0.348. The van der Waals surface area contributed by atoms with Gasteiger partial charge in [-0.3, -0.25) is 0 Å². The molecule has 1 heterocycles. The molecule has 8 nitrogen and oxygen atoms in total. The van der Waals surface area contributed by atoms with Gasteiger partial charge >= 0.3 is 0 Å². The van der Waals surface area contributed by atoms with Gasteiger partial charge in [-0.25, -0.2) is 4.99 Å². The minimum Gasteiger partial charge on any atom is -0.497 e. The van der Waals surface area contributed by atoms with Crippen molar-refractivity contribution in [3.63, 3.8) is 0 Å². The Morgan fingerprint density at radius 3 is 2.41 bits per heavy atom. The zero-order chi connectivity index (χ0) is 22.1. The third kappa shape index (κ3) is 7.11. The number of aryl methyl sites for hydroxylation is 1. The largest absolute Gasteiger partial charge is 0.497 e. The number of nitrogens with one attached hydrogen (secondary N) is 2. The molecule has 0 aliphatic heterocycles. The lowest BCUT2D eigenvalue weighted by molar-refractivity contribution is 0.409. The summed E-state index contributed by atoms with van der Waals surface area (Å²) in [5, 5.41) is 15.1. The molecule has 0 atom stereocenters. The molecule has 0 saturated heterocycles. The average Bonchev–Trinajstić information content (AvgIpc) is 3.13. The van der Waals surface area contributed by atoms with Gasteiger partial charge < -0.3 is 24.7 Å². The van der Waals surface area contributed by atoms with E-state index in [4.69, 9.17) is 14.5 Å². The predicted molar refractivity (Wildman–Crippen MR) is 137 cm³/mol. The minimum absolute atomic E-state index is 0. The molecule has 0 aliphatic rings. The van der Waals surface area contributed by atoms with Crippen LogP contribution in [0.4, 0.5) is 0 Å². The number of halogens is 1. The van der Waals surface area contributed by atoms with Crippen LogP contribution in [0.1, 0.15) is 22.8 Å². The van der Waals surface area contributed by atoms with Crippen molar-refractivity contribution in [2.24, 2.45) is 12.0 Å². The zero-order valence-corrected chi connectivity index (χ0v) is 21.3. The number of para-hydroxylation sites is 1. The fourth-order valence-corrected chi connectivity index (χ4v) is 3.07. The van der Waals surface area contributed by atoms with E-state index in [9.17, 15) is 0 Å². The van der Waals surface area contributed by atoms with E-state index < -0.39 is 0 Å². The number of aromatic nitrogens is 3. The molecule has 0 bridgehead atoms. The van der Waals surface area contributed by atoms with Crippen molar-refractivity contribution in [3.8, 4) is 11.5 Å². The van der Waals surface area contributed by atoms with Gasteiger partial charge in [-0.15, -0.1) is 34.2 Å². The van der Waals surface area contributed by atoms with Crippen molar-refractivity contribution in [1.82, 2.24) is 25.4 Å². The highest BCUT2D eigenvalue weighted by molar-refractivity contribution is 14.0. The number of aliphatic imine (C=N–C) groups is 1. The van der Waals surface area contributed by atoms with Crippen LogP contribution in [0.25, 0.3) is 0 Å². The number of guanidine groups is 1. The molecular formula is C23H31IN6O2. The molecule has 0 amide bonds. The molecule has 172 valence electrons. The van der Waals surface area contributed by atoms with Crippen molar-refractivity contribution in [2.75, 3.05) is 20.8 Å². The van der Waals surface area contributed by atoms with Crippen LogP contribution < -0.4 is 20.1 Å². The first-order valence-electron chi connectivity index (χ1n) is 10.2. The van der Waals surface area contributed by atoms with Crippen LogP contribution in [0.3, 0.4) is 0 Å².